The van der Waals surface area contributed by atoms with E-state index < -0.39 is 0 Å². The Balaban J connectivity index is 1.43. The fourth-order valence-corrected chi connectivity index (χ4v) is 4.10. The summed E-state index contributed by atoms with van der Waals surface area (Å²) in [5.74, 6) is 0.904. The number of nitrogens with one attached hydrogen (secondary N) is 1. The molecule has 138 valence electrons. The topological polar surface area (TPSA) is 75.4 Å². The van der Waals surface area contributed by atoms with Gasteiger partial charge in [-0.1, -0.05) is 12.8 Å². The molecule has 7 heteroatoms. The Morgan fingerprint density at radius 1 is 1.22 bits per heavy atom. The zero-order valence-electron chi connectivity index (χ0n) is 15.1. The fourth-order valence-electron chi connectivity index (χ4n) is 4.10. The van der Waals surface area contributed by atoms with Gasteiger partial charge in [-0.15, -0.1) is 0 Å². The van der Waals surface area contributed by atoms with Gasteiger partial charge in [0.25, 0.3) is 5.91 Å². The lowest BCUT2D eigenvalue weighted by Gasteiger charge is -2.26. The maximum Gasteiger partial charge on any atom is 0.255 e. The SMILES string of the molecule is O=C(c1cccnc1)N1CCc2nn3ccc(NC4CCCC4)nc3c2C1. The minimum atomic E-state index is 0.00772. The molecule has 0 saturated heterocycles. The van der Waals surface area contributed by atoms with Crippen molar-refractivity contribution in [2.45, 2.75) is 44.7 Å². The monoisotopic (exact) mass is 362 g/mol. The zero-order chi connectivity index (χ0) is 18.2. The van der Waals surface area contributed by atoms with Gasteiger partial charge < -0.3 is 10.2 Å². The molecule has 1 aliphatic heterocycles. The molecular weight excluding hydrogens is 340 g/mol. The predicted molar refractivity (Wildman–Crippen MR) is 102 cm³/mol. The number of carbonyl (C=O) groups excluding carboxylic acids is 1. The molecule has 0 unspecified atom stereocenters. The van der Waals surface area contributed by atoms with Crippen molar-refractivity contribution in [1.29, 1.82) is 0 Å². The smallest absolute Gasteiger partial charge is 0.255 e. The number of amides is 1. The molecule has 1 N–H and O–H groups in total. The summed E-state index contributed by atoms with van der Waals surface area (Å²) < 4.78 is 1.84. The zero-order valence-corrected chi connectivity index (χ0v) is 15.1. The summed E-state index contributed by atoms with van der Waals surface area (Å²) in [4.78, 5) is 23.5. The molecule has 0 spiro atoms. The molecule has 0 bridgehead atoms. The van der Waals surface area contributed by atoms with E-state index in [2.05, 4.69) is 15.4 Å². The highest BCUT2D eigenvalue weighted by Crippen LogP contribution is 2.25. The Labute approximate surface area is 157 Å². The van der Waals surface area contributed by atoms with Crippen molar-refractivity contribution >= 4 is 17.4 Å². The van der Waals surface area contributed by atoms with E-state index in [4.69, 9.17) is 4.98 Å². The van der Waals surface area contributed by atoms with Gasteiger partial charge in [-0.3, -0.25) is 9.78 Å². The van der Waals surface area contributed by atoms with Gasteiger partial charge in [-0.2, -0.15) is 5.10 Å². The normalized spacial score (nSPS) is 17.3. The highest BCUT2D eigenvalue weighted by molar-refractivity contribution is 5.94. The summed E-state index contributed by atoms with van der Waals surface area (Å²) >= 11 is 0. The Hall–Kier alpha value is -2.96. The van der Waals surface area contributed by atoms with Gasteiger partial charge >= 0.3 is 0 Å². The number of aromatic nitrogens is 4. The number of hydrogen-bond donors (Lipinski definition) is 1. The lowest BCUT2D eigenvalue weighted by molar-refractivity contribution is 0.0734. The van der Waals surface area contributed by atoms with Gasteiger partial charge in [0, 0.05) is 43.2 Å². The Morgan fingerprint density at radius 2 is 2.11 bits per heavy atom. The van der Waals surface area contributed by atoms with Crippen LogP contribution >= 0.6 is 0 Å². The Morgan fingerprint density at radius 3 is 2.93 bits per heavy atom. The van der Waals surface area contributed by atoms with E-state index in [0.29, 0.717) is 24.7 Å². The first-order chi connectivity index (χ1) is 13.3. The quantitative estimate of drug-likeness (QED) is 0.775. The van der Waals surface area contributed by atoms with Crippen LogP contribution in [0.15, 0.2) is 36.8 Å². The van der Waals surface area contributed by atoms with Crippen LogP contribution in [0.25, 0.3) is 5.65 Å². The lowest BCUT2D eigenvalue weighted by atomic mass is 10.1. The van der Waals surface area contributed by atoms with Crippen LogP contribution in [0, 0.1) is 0 Å². The van der Waals surface area contributed by atoms with Crippen molar-refractivity contribution in [3.63, 3.8) is 0 Å². The third-order valence-corrected chi connectivity index (χ3v) is 5.53. The van der Waals surface area contributed by atoms with Crippen LogP contribution in [-0.2, 0) is 13.0 Å². The van der Waals surface area contributed by atoms with E-state index in [0.717, 1.165) is 29.1 Å². The lowest BCUT2D eigenvalue weighted by Crippen LogP contribution is -2.35. The van der Waals surface area contributed by atoms with Gasteiger partial charge in [0.15, 0.2) is 5.65 Å². The summed E-state index contributed by atoms with van der Waals surface area (Å²) in [7, 11) is 0. The first-order valence-electron chi connectivity index (χ1n) is 9.61. The minimum absolute atomic E-state index is 0.00772. The Kier molecular flexibility index (Phi) is 3.99. The van der Waals surface area contributed by atoms with E-state index in [1.165, 1.54) is 25.7 Å². The van der Waals surface area contributed by atoms with Crippen molar-refractivity contribution in [3.05, 3.63) is 53.6 Å². The molecule has 3 aromatic heterocycles. The summed E-state index contributed by atoms with van der Waals surface area (Å²) in [5, 5.41) is 8.22. The van der Waals surface area contributed by atoms with E-state index in [1.54, 1.807) is 18.5 Å². The van der Waals surface area contributed by atoms with Gasteiger partial charge in [-0.05, 0) is 31.0 Å². The molecular formula is C20H22N6O. The van der Waals surface area contributed by atoms with Crippen LogP contribution in [0.2, 0.25) is 0 Å². The van der Waals surface area contributed by atoms with E-state index >= 15 is 0 Å². The molecule has 1 amide bonds. The molecule has 0 radical (unpaired) electrons. The molecule has 4 heterocycles. The summed E-state index contributed by atoms with van der Waals surface area (Å²) in [6.45, 7) is 1.20. The number of carbonyl (C=O) groups is 1. The van der Waals surface area contributed by atoms with Crippen LogP contribution < -0.4 is 5.32 Å². The number of rotatable bonds is 3. The van der Waals surface area contributed by atoms with Gasteiger partial charge in [0.05, 0.1) is 17.8 Å². The standard InChI is InChI=1S/C20H22N6O/c27-20(14-4-3-9-21-12-14)25-10-7-17-16(13-25)19-23-18(8-11-26(19)24-17)22-15-5-1-2-6-15/h3-4,8-9,11-12,15H,1-2,5-7,10,13H2,(H,22,23). The van der Waals surface area contributed by atoms with Crippen LogP contribution in [0.5, 0.6) is 0 Å². The highest BCUT2D eigenvalue weighted by atomic mass is 16.2. The molecule has 0 atom stereocenters. The van der Waals surface area contributed by atoms with Gasteiger partial charge in [-0.25, -0.2) is 9.50 Å². The third-order valence-electron chi connectivity index (χ3n) is 5.53. The molecule has 1 fully saturated rings. The third kappa shape index (κ3) is 3.03. The number of hydrogen-bond acceptors (Lipinski definition) is 5. The highest BCUT2D eigenvalue weighted by Gasteiger charge is 2.26. The first kappa shape index (κ1) is 16.2. The molecule has 7 nitrogen and oxygen atoms in total. The second kappa shape index (κ2) is 6.64. The Bertz CT molecular complexity index is 977. The minimum Gasteiger partial charge on any atom is -0.367 e. The summed E-state index contributed by atoms with van der Waals surface area (Å²) in [5.41, 5.74) is 3.55. The van der Waals surface area contributed by atoms with Crippen LogP contribution in [0.1, 0.15) is 47.3 Å². The largest absolute Gasteiger partial charge is 0.367 e. The number of anilines is 1. The van der Waals surface area contributed by atoms with E-state index in [-0.39, 0.29) is 5.91 Å². The molecule has 1 saturated carbocycles. The van der Waals surface area contributed by atoms with Gasteiger partial charge in [0.2, 0.25) is 0 Å². The average molecular weight is 362 g/mol. The maximum atomic E-state index is 12.8. The van der Waals surface area contributed by atoms with Crippen molar-refractivity contribution in [2.24, 2.45) is 0 Å². The maximum absolute atomic E-state index is 12.8. The molecule has 0 aromatic carbocycles. The van der Waals surface area contributed by atoms with Crippen LogP contribution in [-0.4, -0.2) is 43.0 Å². The van der Waals surface area contributed by atoms with Crippen molar-refractivity contribution in [1.82, 2.24) is 24.5 Å². The summed E-state index contributed by atoms with van der Waals surface area (Å²) in [6.07, 6.45) is 11.0. The summed E-state index contributed by atoms with van der Waals surface area (Å²) in [6, 6.07) is 6.10. The first-order valence-corrected chi connectivity index (χ1v) is 9.61. The molecule has 3 aromatic rings. The molecule has 2 aliphatic rings. The average Bonchev–Trinajstić information content (AvgIpc) is 3.35. The van der Waals surface area contributed by atoms with Crippen molar-refractivity contribution in [3.8, 4) is 0 Å². The second-order valence-corrected chi connectivity index (χ2v) is 7.35. The molecule has 5 rings (SSSR count). The second-order valence-electron chi connectivity index (χ2n) is 7.35. The fraction of sp³-hybridized carbons (Fsp3) is 0.400. The number of pyridine rings is 1. The van der Waals surface area contributed by atoms with Gasteiger partial charge in [0.1, 0.15) is 5.82 Å². The number of fused-ring (bicyclic) bond motifs is 3. The van der Waals surface area contributed by atoms with E-state index in [9.17, 15) is 4.79 Å². The van der Waals surface area contributed by atoms with E-state index in [1.807, 2.05) is 27.7 Å². The predicted octanol–water partition coefficient (Wildman–Crippen LogP) is 2.68. The van der Waals surface area contributed by atoms with Crippen molar-refractivity contribution in [2.75, 3.05) is 11.9 Å². The number of nitrogens with zero attached hydrogens (tertiary/aromatic N) is 5. The molecule has 1 aliphatic carbocycles. The van der Waals surface area contributed by atoms with Crippen molar-refractivity contribution < 1.29 is 4.79 Å². The van der Waals surface area contributed by atoms with Crippen LogP contribution in [0.3, 0.4) is 0 Å². The molecule has 27 heavy (non-hydrogen) atoms. The van der Waals surface area contributed by atoms with Crippen LogP contribution in [0.4, 0.5) is 5.82 Å².